The third-order valence-corrected chi connectivity index (χ3v) is 3.24. The number of methoxy groups -OCH3 is 1. The van der Waals surface area contributed by atoms with Gasteiger partial charge >= 0.3 is 0 Å². The van der Waals surface area contributed by atoms with Crippen LogP contribution in [0.1, 0.15) is 30.6 Å². The predicted molar refractivity (Wildman–Crippen MR) is 79.7 cm³/mol. The number of hydrogen-bond donors (Lipinski definition) is 3. The standard InChI is InChI=1S/C13H21ClN4O2/c1-13(2,4-5-20-3)8-17-12(19)9-6-10(14)11(18-15)16-7-9/h6-7H,4-5,8,15H2,1-3H3,(H,16,18)(H,17,19). The van der Waals surface area contributed by atoms with Crippen LogP contribution < -0.4 is 16.6 Å². The van der Waals surface area contributed by atoms with E-state index in [1.54, 1.807) is 7.11 Å². The van der Waals surface area contributed by atoms with E-state index in [1.807, 2.05) is 0 Å². The molecule has 0 aliphatic carbocycles. The fourth-order valence-corrected chi connectivity index (χ4v) is 1.78. The molecule has 4 N–H and O–H groups in total. The summed E-state index contributed by atoms with van der Waals surface area (Å²) in [6.45, 7) is 5.34. The third-order valence-electron chi connectivity index (χ3n) is 2.95. The van der Waals surface area contributed by atoms with Crippen molar-refractivity contribution in [2.45, 2.75) is 20.3 Å². The van der Waals surface area contributed by atoms with Crippen molar-refractivity contribution in [3.8, 4) is 0 Å². The van der Waals surface area contributed by atoms with E-state index >= 15 is 0 Å². The van der Waals surface area contributed by atoms with Gasteiger partial charge in [0, 0.05) is 26.5 Å². The first kappa shape index (κ1) is 16.7. The van der Waals surface area contributed by atoms with Gasteiger partial charge < -0.3 is 15.5 Å². The first-order valence-corrected chi connectivity index (χ1v) is 6.67. The highest BCUT2D eigenvalue weighted by Gasteiger charge is 2.19. The summed E-state index contributed by atoms with van der Waals surface area (Å²) >= 11 is 5.93. The molecule has 7 heteroatoms. The first-order chi connectivity index (χ1) is 9.39. The van der Waals surface area contributed by atoms with Gasteiger partial charge in [-0.05, 0) is 17.9 Å². The van der Waals surface area contributed by atoms with Crippen LogP contribution in [-0.4, -0.2) is 31.2 Å². The summed E-state index contributed by atoms with van der Waals surface area (Å²) in [5.41, 5.74) is 2.71. The maximum Gasteiger partial charge on any atom is 0.252 e. The second-order valence-corrected chi connectivity index (χ2v) is 5.70. The minimum atomic E-state index is -0.214. The van der Waals surface area contributed by atoms with Crippen LogP contribution in [0.5, 0.6) is 0 Å². The van der Waals surface area contributed by atoms with Gasteiger partial charge in [0.1, 0.15) is 0 Å². The zero-order chi connectivity index (χ0) is 15.2. The van der Waals surface area contributed by atoms with Crippen molar-refractivity contribution in [2.24, 2.45) is 11.3 Å². The minimum absolute atomic E-state index is 0.0400. The highest BCUT2D eigenvalue weighted by Crippen LogP contribution is 2.20. The molecule has 1 heterocycles. The summed E-state index contributed by atoms with van der Waals surface area (Å²) < 4.78 is 5.05. The first-order valence-electron chi connectivity index (χ1n) is 6.29. The van der Waals surface area contributed by atoms with Crippen molar-refractivity contribution in [1.29, 1.82) is 0 Å². The molecule has 1 rings (SSSR count). The van der Waals surface area contributed by atoms with E-state index in [-0.39, 0.29) is 11.3 Å². The molecule has 0 radical (unpaired) electrons. The van der Waals surface area contributed by atoms with Crippen molar-refractivity contribution in [1.82, 2.24) is 10.3 Å². The average molecular weight is 301 g/mol. The molecule has 0 spiro atoms. The Balaban J connectivity index is 2.61. The van der Waals surface area contributed by atoms with Crippen LogP contribution in [-0.2, 0) is 4.74 Å². The number of nitrogens with zero attached hydrogens (tertiary/aromatic N) is 1. The number of hydrogen-bond acceptors (Lipinski definition) is 5. The molecule has 0 aromatic carbocycles. The number of pyridine rings is 1. The second-order valence-electron chi connectivity index (χ2n) is 5.29. The molecule has 0 saturated heterocycles. The molecule has 1 aromatic rings. The molecular formula is C13H21ClN4O2. The number of aromatic nitrogens is 1. The van der Waals surface area contributed by atoms with Crippen LogP contribution in [0, 0.1) is 5.41 Å². The number of nitrogen functional groups attached to an aromatic ring is 1. The summed E-state index contributed by atoms with van der Waals surface area (Å²) in [6.07, 6.45) is 2.29. The molecule has 0 aliphatic rings. The van der Waals surface area contributed by atoms with E-state index in [2.05, 4.69) is 29.6 Å². The Labute approximate surface area is 124 Å². The quantitative estimate of drug-likeness (QED) is 0.528. The Morgan fingerprint density at radius 2 is 2.25 bits per heavy atom. The number of carbonyl (C=O) groups is 1. The van der Waals surface area contributed by atoms with Gasteiger partial charge in [-0.15, -0.1) is 0 Å². The lowest BCUT2D eigenvalue weighted by atomic mass is 9.89. The topological polar surface area (TPSA) is 89.3 Å². The minimum Gasteiger partial charge on any atom is -0.385 e. The van der Waals surface area contributed by atoms with Gasteiger partial charge in [0.15, 0.2) is 5.82 Å². The molecule has 0 bridgehead atoms. The summed E-state index contributed by atoms with van der Waals surface area (Å²) in [7, 11) is 1.66. The average Bonchev–Trinajstić information content (AvgIpc) is 2.42. The van der Waals surface area contributed by atoms with E-state index in [0.717, 1.165) is 6.42 Å². The molecule has 112 valence electrons. The number of hydrazine groups is 1. The molecule has 1 amide bonds. The van der Waals surface area contributed by atoms with E-state index in [1.165, 1.54) is 12.3 Å². The molecular weight excluding hydrogens is 280 g/mol. The highest BCUT2D eigenvalue weighted by molar-refractivity contribution is 6.33. The zero-order valence-electron chi connectivity index (χ0n) is 12.0. The Morgan fingerprint density at radius 1 is 1.55 bits per heavy atom. The third kappa shape index (κ3) is 4.96. The van der Waals surface area contributed by atoms with Gasteiger partial charge in [-0.25, -0.2) is 10.8 Å². The van der Waals surface area contributed by atoms with Gasteiger partial charge in [-0.2, -0.15) is 0 Å². The number of carbonyl (C=O) groups excluding carboxylic acids is 1. The monoisotopic (exact) mass is 300 g/mol. The van der Waals surface area contributed by atoms with Crippen LogP contribution >= 0.6 is 11.6 Å². The Kier molecular flexibility index (Phi) is 6.19. The zero-order valence-corrected chi connectivity index (χ0v) is 12.8. The predicted octanol–water partition coefficient (Wildman–Crippen LogP) is 1.81. The second kappa shape index (κ2) is 7.42. The normalized spacial score (nSPS) is 11.2. The van der Waals surface area contributed by atoms with E-state index in [4.69, 9.17) is 22.2 Å². The van der Waals surface area contributed by atoms with Crippen molar-refractivity contribution in [3.05, 3.63) is 22.8 Å². The molecule has 0 aliphatic heterocycles. The molecule has 1 aromatic heterocycles. The van der Waals surface area contributed by atoms with E-state index in [0.29, 0.717) is 29.6 Å². The van der Waals surface area contributed by atoms with Crippen LogP contribution in [0.4, 0.5) is 5.82 Å². The Bertz CT molecular complexity index is 466. The number of ether oxygens (including phenoxy) is 1. The number of nitrogens with one attached hydrogen (secondary N) is 2. The molecule has 6 nitrogen and oxygen atoms in total. The van der Waals surface area contributed by atoms with Gasteiger partial charge in [-0.1, -0.05) is 25.4 Å². The van der Waals surface area contributed by atoms with Crippen molar-refractivity contribution in [2.75, 3.05) is 25.7 Å². The number of rotatable bonds is 7. The number of amides is 1. The fraction of sp³-hybridized carbons (Fsp3) is 0.538. The molecule has 0 saturated carbocycles. The van der Waals surface area contributed by atoms with Crippen LogP contribution in [0.25, 0.3) is 0 Å². The van der Waals surface area contributed by atoms with Crippen LogP contribution in [0.2, 0.25) is 5.02 Å². The summed E-state index contributed by atoms with van der Waals surface area (Å²) in [6, 6.07) is 1.53. The van der Waals surface area contributed by atoms with E-state index in [9.17, 15) is 4.79 Å². The molecule has 0 atom stereocenters. The van der Waals surface area contributed by atoms with Gasteiger partial charge in [0.2, 0.25) is 0 Å². The largest absolute Gasteiger partial charge is 0.385 e. The molecule has 0 unspecified atom stereocenters. The molecule has 20 heavy (non-hydrogen) atoms. The summed E-state index contributed by atoms with van der Waals surface area (Å²) in [5, 5.41) is 3.17. The molecule has 0 fully saturated rings. The highest BCUT2D eigenvalue weighted by atomic mass is 35.5. The van der Waals surface area contributed by atoms with Gasteiger partial charge in [-0.3, -0.25) is 4.79 Å². The summed E-state index contributed by atoms with van der Waals surface area (Å²) in [4.78, 5) is 16.0. The number of nitrogens with two attached hydrogens (primary N) is 1. The fourth-order valence-electron chi connectivity index (χ4n) is 1.56. The maximum absolute atomic E-state index is 12.0. The van der Waals surface area contributed by atoms with Crippen molar-refractivity contribution >= 4 is 23.3 Å². The van der Waals surface area contributed by atoms with Crippen molar-refractivity contribution in [3.63, 3.8) is 0 Å². The van der Waals surface area contributed by atoms with Crippen molar-refractivity contribution < 1.29 is 9.53 Å². The number of anilines is 1. The maximum atomic E-state index is 12.0. The number of halogens is 1. The SMILES string of the molecule is COCCC(C)(C)CNC(=O)c1cnc(NN)c(Cl)c1. The summed E-state index contributed by atoms with van der Waals surface area (Å²) in [5.74, 6) is 5.35. The van der Waals surface area contributed by atoms with E-state index < -0.39 is 0 Å². The van der Waals surface area contributed by atoms with Crippen LogP contribution in [0.3, 0.4) is 0 Å². The lowest BCUT2D eigenvalue weighted by Gasteiger charge is -2.24. The Morgan fingerprint density at radius 3 is 2.80 bits per heavy atom. The van der Waals surface area contributed by atoms with Gasteiger partial charge in [0.25, 0.3) is 5.91 Å². The smallest absolute Gasteiger partial charge is 0.252 e. The lowest BCUT2D eigenvalue weighted by Crippen LogP contribution is -2.34. The van der Waals surface area contributed by atoms with Gasteiger partial charge in [0.05, 0.1) is 10.6 Å². The lowest BCUT2D eigenvalue weighted by molar-refractivity contribution is 0.0920. The van der Waals surface area contributed by atoms with Crippen LogP contribution in [0.15, 0.2) is 12.3 Å². The Hall–Kier alpha value is -1.37.